The first-order valence-corrected chi connectivity index (χ1v) is 3.91. The molecule has 15 heavy (non-hydrogen) atoms. The van der Waals surface area contributed by atoms with Gasteiger partial charge in [0.15, 0.2) is 0 Å². The van der Waals surface area contributed by atoms with Gasteiger partial charge in [0.2, 0.25) is 0 Å². The van der Waals surface area contributed by atoms with Gasteiger partial charge in [-0.05, 0) is 11.3 Å². The molecule has 0 radical (unpaired) electrons. The van der Waals surface area contributed by atoms with Crippen LogP contribution >= 0.6 is 0 Å². The molecule has 7 heteroatoms. The van der Waals surface area contributed by atoms with Gasteiger partial charge in [-0.15, -0.1) is 0 Å². The van der Waals surface area contributed by atoms with E-state index in [9.17, 15) is 15.3 Å². The molecular weight excluding hydrogens is 202 g/mol. The molecule has 1 rings (SSSR count). The predicted octanol–water partition coefficient (Wildman–Crippen LogP) is -0.863. The van der Waals surface area contributed by atoms with Gasteiger partial charge < -0.3 is 10.7 Å². The van der Waals surface area contributed by atoms with Crippen LogP contribution in [0, 0.1) is 15.3 Å². The van der Waals surface area contributed by atoms with Crippen LogP contribution in [0.25, 0.3) is 12.4 Å². The second kappa shape index (κ2) is 4.94. The maximum atomic E-state index is 10.6. The molecule has 0 aliphatic rings. The predicted molar refractivity (Wildman–Crippen MR) is 52.7 cm³/mol. The third-order valence-electron chi connectivity index (χ3n) is 1.70. The normalized spacial score (nSPS) is 12.7. The number of benzene rings is 1. The molecule has 0 amide bonds. The lowest BCUT2D eigenvalue weighted by atomic mass is 10.2. The Hall–Kier alpha value is -2.12. The zero-order chi connectivity index (χ0) is 11.3. The molecule has 0 atom stereocenters. The van der Waals surface area contributed by atoms with Crippen molar-refractivity contribution in [1.29, 1.82) is 0 Å². The Bertz CT molecular complexity index is 471. The molecule has 0 aromatic heterocycles. The highest BCUT2D eigenvalue weighted by molar-refractivity contribution is 5.40. The average Bonchev–Trinajstić information content (AvgIpc) is 2.21. The summed E-state index contributed by atoms with van der Waals surface area (Å²) in [7, 11) is 0. The van der Waals surface area contributed by atoms with Crippen LogP contribution in [0.4, 0.5) is 5.69 Å². The summed E-state index contributed by atoms with van der Waals surface area (Å²) in [5.41, 5.74) is 3.02. The Balaban J connectivity index is 3.41. The number of hydrogen-bond donors (Lipinski definition) is 3. The highest BCUT2D eigenvalue weighted by atomic mass is 16.6. The summed E-state index contributed by atoms with van der Waals surface area (Å²) >= 11 is 0. The molecule has 7 nitrogen and oxygen atoms in total. The molecule has 1 aromatic rings. The first-order chi connectivity index (χ1) is 7.19. The van der Waals surface area contributed by atoms with Gasteiger partial charge in [-0.2, -0.15) is 0 Å². The van der Waals surface area contributed by atoms with E-state index >= 15 is 0 Å². The maximum absolute atomic E-state index is 10.6. The number of nitrogens with zero attached hydrogens (tertiary/aromatic N) is 1. The van der Waals surface area contributed by atoms with E-state index < -0.39 is 4.92 Å². The third kappa shape index (κ3) is 2.66. The van der Waals surface area contributed by atoms with E-state index in [0.29, 0.717) is 5.22 Å². The lowest BCUT2D eigenvalue weighted by molar-refractivity contribution is -0.386. The lowest BCUT2D eigenvalue weighted by Gasteiger charge is -2.00. The van der Waals surface area contributed by atoms with Crippen molar-refractivity contribution in [2.45, 2.75) is 0 Å². The largest absolute Gasteiger partial charge is 0.761 e. The van der Waals surface area contributed by atoms with Crippen LogP contribution in [-0.4, -0.2) is 10.1 Å². The lowest BCUT2D eigenvalue weighted by Crippen LogP contribution is -2.17. The average molecular weight is 210 g/mol. The number of nitro groups is 1. The SMILES string of the molecule is O=[N+]([O-])c1cc(=CNO)ccc1=CN[O-]. The fourth-order valence-corrected chi connectivity index (χ4v) is 1.07. The standard InChI is InChI=1S/C8H8N3O4/c12-9-4-6-1-2-7(5-10-13)8(3-6)11(14)15/h1-5,9-10,12H/q-1. The van der Waals surface area contributed by atoms with Crippen molar-refractivity contribution in [2.75, 3.05) is 0 Å². The Morgan fingerprint density at radius 2 is 2.13 bits per heavy atom. The van der Waals surface area contributed by atoms with Crippen LogP contribution in [0.1, 0.15) is 0 Å². The zero-order valence-corrected chi connectivity index (χ0v) is 7.51. The first kappa shape index (κ1) is 11.0. The minimum Gasteiger partial charge on any atom is -0.761 e. The van der Waals surface area contributed by atoms with Gasteiger partial charge in [-0.3, -0.25) is 20.8 Å². The molecule has 0 fully saturated rings. The van der Waals surface area contributed by atoms with Crippen LogP contribution in [0.5, 0.6) is 0 Å². The van der Waals surface area contributed by atoms with E-state index in [2.05, 4.69) is 0 Å². The summed E-state index contributed by atoms with van der Waals surface area (Å²) in [4.78, 5) is 10.00. The molecule has 0 saturated carbocycles. The van der Waals surface area contributed by atoms with Gasteiger partial charge in [0.05, 0.1) is 10.1 Å². The maximum Gasteiger partial charge on any atom is 0.278 e. The van der Waals surface area contributed by atoms with Crippen molar-refractivity contribution < 1.29 is 10.1 Å². The van der Waals surface area contributed by atoms with E-state index in [1.807, 2.05) is 0 Å². The smallest absolute Gasteiger partial charge is 0.278 e. The molecule has 0 heterocycles. The monoisotopic (exact) mass is 210 g/mol. The molecule has 1 aromatic carbocycles. The molecule has 0 aliphatic carbocycles. The Labute approximate surface area is 84.0 Å². The van der Waals surface area contributed by atoms with Gasteiger partial charge in [0, 0.05) is 18.5 Å². The van der Waals surface area contributed by atoms with E-state index in [4.69, 9.17) is 5.21 Å². The fourth-order valence-electron chi connectivity index (χ4n) is 1.07. The second-order valence-electron chi connectivity index (χ2n) is 2.61. The highest BCUT2D eigenvalue weighted by Gasteiger charge is 2.06. The number of rotatable bonds is 3. The number of nitro benzene ring substituents is 1. The molecule has 0 unspecified atom stereocenters. The summed E-state index contributed by atoms with van der Waals surface area (Å²) in [5.74, 6) is 0. The quantitative estimate of drug-likeness (QED) is 0.442. The van der Waals surface area contributed by atoms with Crippen molar-refractivity contribution in [3.63, 3.8) is 0 Å². The Kier molecular flexibility index (Phi) is 3.61. The minimum atomic E-state index is -0.613. The molecule has 0 saturated heterocycles. The fraction of sp³-hybridized carbons (Fsp3) is 0. The van der Waals surface area contributed by atoms with Gasteiger partial charge >= 0.3 is 0 Å². The Morgan fingerprint density at radius 1 is 1.40 bits per heavy atom. The molecule has 0 aliphatic heterocycles. The van der Waals surface area contributed by atoms with E-state index in [0.717, 1.165) is 6.20 Å². The van der Waals surface area contributed by atoms with E-state index in [1.165, 1.54) is 29.9 Å². The summed E-state index contributed by atoms with van der Waals surface area (Å²) in [6.45, 7) is 0. The zero-order valence-electron chi connectivity index (χ0n) is 7.51. The van der Waals surface area contributed by atoms with Gasteiger partial charge in [-0.1, -0.05) is 6.07 Å². The number of non-ortho nitro benzene ring substituents is 1. The van der Waals surface area contributed by atoms with Crippen LogP contribution < -0.4 is 21.4 Å². The number of nitrogens with one attached hydrogen (secondary N) is 2. The van der Waals surface area contributed by atoms with Crippen molar-refractivity contribution in [1.82, 2.24) is 11.0 Å². The third-order valence-corrected chi connectivity index (χ3v) is 1.70. The van der Waals surface area contributed by atoms with Crippen molar-refractivity contribution in [2.24, 2.45) is 0 Å². The first-order valence-electron chi connectivity index (χ1n) is 3.91. The van der Waals surface area contributed by atoms with E-state index in [-0.39, 0.29) is 10.9 Å². The van der Waals surface area contributed by atoms with Crippen molar-refractivity contribution in [3.8, 4) is 0 Å². The molecule has 0 bridgehead atoms. The number of hydrogen-bond acceptors (Lipinski definition) is 6. The summed E-state index contributed by atoms with van der Waals surface area (Å²) in [6, 6.07) is 4.14. The Morgan fingerprint density at radius 3 is 2.67 bits per heavy atom. The highest BCUT2D eigenvalue weighted by Crippen LogP contribution is 1.97. The van der Waals surface area contributed by atoms with Crippen LogP contribution in [0.2, 0.25) is 0 Å². The van der Waals surface area contributed by atoms with E-state index in [1.54, 1.807) is 5.48 Å². The summed E-state index contributed by atoms with van der Waals surface area (Å²) in [6.07, 6.45) is 2.16. The molecule has 80 valence electrons. The van der Waals surface area contributed by atoms with Gasteiger partial charge in [-0.25, -0.2) is 0 Å². The summed E-state index contributed by atoms with van der Waals surface area (Å²) < 4.78 is 0. The van der Waals surface area contributed by atoms with Crippen molar-refractivity contribution >= 4 is 18.1 Å². The topological polar surface area (TPSA) is 110 Å². The van der Waals surface area contributed by atoms with Gasteiger partial charge in [0.25, 0.3) is 5.69 Å². The van der Waals surface area contributed by atoms with Crippen LogP contribution in [0.3, 0.4) is 0 Å². The molecular formula is C8H8N3O4-. The molecule has 0 spiro atoms. The second-order valence-corrected chi connectivity index (χ2v) is 2.61. The van der Waals surface area contributed by atoms with Crippen LogP contribution in [-0.2, 0) is 0 Å². The van der Waals surface area contributed by atoms with Crippen molar-refractivity contribution in [3.05, 3.63) is 44.0 Å². The number of hydroxylamine groups is 2. The van der Waals surface area contributed by atoms with Crippen LogP contribution in [0.15, 0.2) is 18.2 Å². The minimum absolute atomic E-state index is 0.171. The van der Waals surface area contributed by atoms with Gasteiger partial charge in [0.1, 0.15) is 0 Å². The summed E-state index contributed by atoms with van der Waals surface area (Å²) in [5, 5.41) is 29.7. The molecule has 3 N–H and O–H groups in total.